The van der Waals surface area contributed by atoms with Crippen LogP contribution in [0.25, 0.3) is 0 Å². The lowest BCUT2D eigenvalue weighted by Gasteiger charge is -2.04. The zero-order valence-corrected chi connectivity index (χ0v) is 7.11. The standard InChI is InChI=1S/C6H9N3O2S/c7-4(10)2-1-3-5(11)9-6(12)8-3/h3H,1-2H2,(H2,7,10)(H2,8,9,11,12)/t3-/m0/s1. The number of primary amides is 1. The van der Waals surface area contributed by atoms with E-state index in [1.807, 2.05) is 0 Å². The number of carbonyl (C=O) groups is 2. The maximum atomic E-state index is 11.0. The van der Waals surface area contributed by atoms with Crippen LogP contribution in [-0.4, -0.2) is 23.0 Å². The average molecular weight is 187 g/mol. The van der Waals surface area contributed by atoms with Gasteiger partial charge in [-0.05, 0) is 18.6 Å². The molecule has 6 heteroatoms. The molecule has 1 aliphatic rings. The lowest BCUT2D eigenvalue weighted by Crippen LogP contribution is -2.30. The van der Waals surface area contributed by atoms with Gasteiger partial charge in [0.2, 0.25) is 11.8 Å². The normalized spacial score (nSPS) is 21.8. The largest absolute Gasteiger partial charge is 0.370 e. The first kappa shape index (κ1) is 8.92. The Balaban J connectivity index is 2.38. The first-order valence-corrected chi connectivity index (χ1v) is 3.90. The zero-order valence-electron chi connectivity index (χ0n) is 6.29. The molecule has 0 unspecified atom stereocenters. The molecule has 1 rings (SSSR count). The van der Waals surface area contributed by atoms with E-state index in [1.165, 1.54) is 0 Å². The molecule has 2 amide bonds. The van der Waals surface area contributed by atoms with E-state index >= 15 is 0 Å². The summed E-state index contributed by atoms with van der Waals surface area (Å²) in [5.41, 5.74) is 4.92. The lowest BCUT2D eigenvalue weighted by molar-refractivity contribution is -0.120. The fourth-order valence-corrected chi connectivity index (χ4v) is 1.19. The second-order valence-electron chi connectivity index (χ2n) is 2.52. The molecular formula is C6H9N3O2S. The second kappa shape index (κ2) is 3.48. The maximum absolute atomic E-state index is 11.0. The summed E-state index contributed by atoms with van der Waals surface area (Å²) < 4.78 is 0. The van der Waals surface area contributed by atoms with Crippen LogP contribution >= 0.6 is 12.2 Å². The summed E-state index contributed by atoms with van der Waals surface area (Å²) in [6.45, 7) is 0. The number of nitrogens with one attached hydrogen (secondary N) is 2. The van der Waals surface area contributed by atoms with E-state index in [1.54, 1.807) is 0 Å². The van der Waals surface area contributed by atoms with Crippen molar-refractivity contribution in [3.05, 3.63) is 0 Å². The quantitative estimate of drug-likeness (QED) is 0.476. The van der Waals surface area contributed by atoms with Crippen LogP contribution < -0.4 is 16.4 Å². The smallest absolute Gasteiger partial charge is 0.248 e. The molecule has 0 aromatic heterocycles. The summed E-state index contributed by atoms with van der Waals surface area (Å²) in [6.07, 6.45) is 0.578. The van der Waals surface area contributed by atoms with Crippen LogP contribution in [-0.2, 0) is 9.59 Å². The Kier molecular flexibility index (Phi) is 2.59. The molecule has 0 bridgehead atoms. The third kappa shape index (κ3) is 2.16. The van der Waals surface area contributed by atoms with Gasteiger partial charge in [0.25, 0.3) is 0 Å². The Morgan fingerprint density at radius 2 is 2.33 bits per heavy atom. The molecule has 0 saturated carbocycles. The van der Waals surface area contributed by atoms with Gasteiger partial charge in [0, 0.05) is 6.42 Å². The summed E-state index contributed by atoms with van der Waals surface area (Å²) in [5.74, 6) is -0.608. The van der Waals surface area contributed by atoms with E-state index in [9.17, 15) is 9.59 Å². The fraction of sp³-hybridized carbons (Fsp3) is 0.500. The summed E-state index contributed by atoms with van der Waals surface area (Å²) >= 11 is 4.69. The first-order chi connectivity index (χ1) is 5.59. The van der Waals surface area contributed by atoms with Crippen LogP contribution in [0.5, 0.6) is 0 Å². The highest BCUT2D eigenvalue weighted by atomic mass is 32.1. The van der Waals surface area contributed by atoms with Crippen LogP contribution in [0, 0.1) is 0 Å². The molecule has 0 aromatic carbocycles. The number of carbonyl (C=O) groups excluding carboxylic acids is 2. The number of amides is 2. The molecule has 1 atom stereocenters. The van der Waals surface area contributed by atoms with E-state index in [4.69, 9.17) is 18.0 Å². The van der Waals surface area contributed by atoms with Gasteiger partial charge in [0.05, 0.1) is 0 Å². The summed E-state index contributed by atoms with van der Waals surface area (Å²) in [7, 11) is 0. The van der Waals surface area contributed by atoms with Gasteiger partial charge in [-0.3, -0.25) is 9.59 Å². The minimum Gasteiger partial charge on any atom is -0.370 e. The molecule has 1 aliphatic heterocycles. The van der Waals surface area contributed by atoms with Gasteiger partial charge >= 0.3 is 0 Å². The number of hydrogen-bond donors (Lipinski definition) is 3. The SMILES string of the molecule is NC(=O)CC[C@@H]1NC(=S)NC1=O. The fourth-order valence-electron chi connectivity index (χ4n) is 0.949. The van der Waals surface area contributed by atoms with Crippen LogP contribution in [0.2, 0.25) is 0 Å². The minimum atomic E-state index is -0.414. The Morgan fingerprint density at radius 1 is 1.67 bits per heavy atom. The minimum absolute atomic E-state index is 0.188. The molecular weight excluding hydrogens is 178 g/mol. The molecule has 5 nitrogen and oxygen atoms in total. The van der Waals surface area contributed by atoms with Gasteiger partial charge in [-0.1, -0.05) is 0 Å². The first-order valence-electron chi connectivity index (χ1n) is 3.49. The van der Waals surface area contributed by atoms with Crippen molar-refractivity contribution in [2.45, 2.75) is 18.9 Å². The van der Waals surface area contributed by atoms with Crippen LogP contribution in [0.15, 0.2) is 0 Å². The molecule has 12 heavy (non-hydrogen) atoms. The van der Waals surface area contributed by atoms with E-state index in [0.717, 1.165) is 0 Å². The Morgan fingerprint density at radius 3 is 2.75 bits per heavy atom. The third-order valence-corrected chi connectivity index (χ3v) is 1.76. The van der Waals surface area contributed by atoms with Crippen molar-refractivity contribution in [1.82, 2.24) is 10.6 Å². The van der Waals surface area contributed by atoms with Crippen molar-refractivity contribution in [3.63, 3.8) is 0 Å². The molecule has 1 fully saturated rings. The van der Waals surface area contributed by atoms with E-state index < -0.39 is 11.9 Å². The Labute approximate surface area is 74.7 Å². The molecule has 1 saturated heterocycles. The van der Waals surface area contributed by atoms with E-state index in [0.29, 0.717) is 11.5 Å². The molecule has 0 spiro atoms. The molecule has 0 aliphatic carbocycles. The van der Waals surface area contributed by atoms with Gasteiger partial charge in [-0.15, -0.1) is 0 Å². The van der Waals surface area contributed by atoms with Crippen molar-refractivity contribution in [1.29, 1.82) is 0 Å². The van der Waals surface area contributed by atoms with Crippen LogP contribution in [0.3, 0.4) is 0 Å². The maximum Gasteiger partial charge on any atom is 0.248 e. The van der Waals surface area contributed by atoms with Gasteiger partial charge in [0.15, 0.2) is 5.11 Å². The van der Waals surface area contributed by atoms with Crippen LogP contribution in [0.1, 0.15) is 12.8 Å². The van der Waals surface area contributed by atoms with Gasteiger partial charge in [-0.25, -0.2) is 0 Å². The number of rotatable bonds is 3. The Bertz CT molecular complexity index is 241. The summed E-state index contributed by atoms with van der Waals surface area (Å²) in [6, 6.07) is -0.398. The highest BCUT2D eigenvalue weighted by molar-refractivity contribution is 7.80. The van der Waals surface area contributed by atoms with Crippen molar-refractivity contribution in [2.75, 3.05) is 0 Å². The third-order valence-electron chi connectivity index (χ3n) is 1.54. The monoisotopic (exact) mass is 187 g/mol. The molecule has 4 N–H and O–H groups in total. The topological polar surface area (TPSA) is 84.2 Å². The van der Waals surface area contributed by atoms with E-state index in [-0.39, 0.29) is 12.3 Å². The summed E-state index contributed by atoms with van der Waals surface area (Å²) in [5, 5.41) is 5.46. The van der Waals surface area contributed by atoms with Gasteiger partial charge in [0.1, 0.15) is 6.04 Å². The summed E-state index contributed by atoms with van der Waals surface area (Å²) in [4.78, 5) is 21.4. The predicted octanol–water partition coefficient (Wildman–Crippen LogP) is -1.38. The molecule has 0 radical (unpaired) electrons. The van der Waals surface area contributed by atoms with Crippen molar-refractivity contribution < 1.29 is 9.59 Å². The van der Waals surface area contributed by atoms with E-state index in [2.05, 4.69) is 10.6 Å². The Hall–Kier alpha value is -1.17. The molecule has 0 aromatic rings. The molecule has 1 heterocycles. The number of hydrogen-bond acceptors (Lipinski definition) is 3. The number of thiocarbonyl (C=S) groups is 1. The average Bonchev–Trinajstić information content (AvgIpc) is 2.26. The van der Waals surface area contributed by atoms with Crippen LogP contribution in [0.4, 0.5) is 0 Å². The highest BCUT2D eigenvalue weighted by Gasteiger charge is 2.26. The van der Waals surface area contributed by atoms with Gasteiger partial charge < -0.3 is 16.4 Å². The highest BCUT2D eigenvalue weighted by Crippen LogP contribution is 2.01. The molecule has 66 valence electrons. The zero-order chi connectivity index (χ0) is 9.14. The van der Waals surface area contributed by atoms with Crippen molar-refractivity contribution >= 4 is 29.1 Å². The lowest BCUT2D eigenvalue weighted by atomic mass is 10.1. The van der Waals surface area contributed by atoms with Crippen molar-refractivity contribution in [2.24, 2.45) is 5.73 Å². The second-order valence-corrected chi connectivity index (χ2v) is 2.93. The van der Waals surface area contributed by atoms with Crippen molar-refractivity contribution in [3.8, 4) is 0 Å². The number of nitrogens with two attached hydrogens (primary N) is 1. The van der Waals surface area contributed by atoms with Gasteiger partial charge in [-0.2, -0.15) is 0 Å². The predicted molar refractivity (Wildman–Crippen MR) is 46.1 cm³/mol.